The lowest BCUT2D eigenvalue weighted by molar-refractivity contribution is 0.262. The number of para-hydroxylation sites is 1. The number of hydrogen-bond acceptors (Lipinski definition) is 5. The molecule has 0 bridgehead atoms. The first-order valence-electron chi connectivity index (χ1n) is 15.6. The van der Waals surface area contributed by atoms with Crippen molar-refractivity contribution in [2.75, 3.05) is 45.2 Å². The molecule has 1 saturated carbocycles. The smallest absolute Gasteiger partial charge is 0.242 e. The predicted molar refractivity (Wildman–Crippen MR) is 171 cm³/mol. The van der Waals surface area contributed by atoms with Crippen LogP contribution in [0.5, 0.6) is 5.75 Å². The highest BCUT2D eigenvalue weighted by Crippen LogP contribution is 2.41. The Morgan fingerprint density at radius 2 is 1.63 bits per heavy atom. The van der Waals surface area contributed by atoms with E-state index >= 15 is 0 Å². The van der Waals surface area contributed by atoms with E-state index in [1.807, 2.05) is 6.07 Å². The molecule has 0 unspecified atom stereocenters. The fourth-order valence-corrected chi connectivity index (χ4v) is 7.14. The molecule has 4 rings (SSSR count). The fourth-order valence-electron chi connectivity index (χ4n) is 6.20. The number of nitrogens with zero attached hydrogens (tertiary/aromatic N) is 3. The van der Waals surface area contributed by atoms with Crippen molar-refractivity contribution < 1.29 is 13.2 Å². The van der Waals surface area contributed by atoms with Crippen LogP contribution in [0, 0.1) is 5.92 Å². The first-order chi connectivity index (χ1) is 19.5. The van der Waals surface area contributed by atoms with Gasteiger partial charge in [-0.25, -0.2) is 12.7 Å². The minimum absolute atomic E-state index is 0.284. The second-order valence-electron chi connectivity index (χ2n) is 12.5. The van der Waals surface area contributed by atoms with E-state index in [4.69, 9.17) is 4.74 Å². The molecule has 0 radical (unpaired) electrons. The van der Waals surface area contributed by atoms with E-state index in [1.165, 1.54) is 53.2 Å². The van der Waals surface area contributed by atoms with Gasteiger partial charge in [0, 0.05) is 45.0 Å². The Balaban J connectivity index is 1.90. The van der Waals surface area contributed by atoms with Crippen molar-refractivity contribution in [2.45, 2.75) is 89.9 Å². The summed E-state index contributed by atoms with van der Waals surface area (Å²) < 4.78 is 33.7. The second kappa shape index (κ2) is 13.6. The number of rotatable bonds is 11. The summed E-state index contributed by atoms with van der Waals surface area (Å²) >= 11 is 0. The number of hydrogen-bond donors (Lipinski definition) is 0. The molecule has 2 aromatic rings. The number of benzene rings is 2. The highest BCUT2D eigenvalue weighted by molar-refractivity contribution is 7.89. The molecule has 0 amide bonds. The molecule has 1 heterocycles. The van der Waals surface area contributed by atoms with Crippen molar-refractivity contribution in [1.82, 2.24) is 9.21 Å². The van der Waals surface area contributed by atoms with Gasteiger partial charge < -0.3 is 14.5 Å². The van der Waals surface area contributed by atoms with Crippen LogP contribution >= 0.6 is 0 Å². The number of anilines is 1. The van der Waals surface area contributed by atoms with Gasteiger partial charge in [-0.3, -0.25) is 0 Å². The Labute approximate surface area is 249 Å². The van der Waals surface area contributed by atoms with Crippen LogP contribution in [0.15, 0.2) is 47.1 Å². The molecule has 2 aromatic carbocycles. The molecule has 1 aliphatic heterocycles. The fraction of sp³-hybridized carbons (Fsp3) is 0.588. The molecule has 226 valence electrons. The third kappa shape index (κ3) is 7.11. The Bertz CT molecular complexity index is 1280. The van der Waals surface area contributed by atoms with E-state index in [-0.39, 0.29) is 4.90 Å². The summed E-state index contributed by atoms with van der Waals surface area (Å²) in [5.41, 5.74) is 4.83. The summed E-state index contributed by atoms with van der Waals surface area (Å²) in [6.07, 6.45) is 9.61. The molecular formula is C34H51N3O3S. The van der Waals surface area contributed by atoms with E-state index in [9.17, 15) is 8.42 Å². The Kier molecular flexibility index (Phi) is 10.5. The van der Waals surface area contributed by atoms with E-state index in [1.54, 1.807) is 26.2 Å². The standard InChI is InChI=1S/C34H51N3O3S/c1-8-21-40-32-18-17-29(41(38,39)35(6)7)22-28(32)23-33-36(24-27-13-10-9-11-14-27)19-20-37(33)34-30(25(2)3)15-12-16-31(34)26(4)5/h12,15-18,22-23,25-27H,8-11,13-14,19-21,24H2,1-7H3. The minimum atomic E-state index is -3.59. The highest BCUT2D eigenvalue weighted by Gasteiger charge is 2.32. The van der Waals surface area contributed by atoms with E-state index in [0.717, 1.165) is 43.2 Å². The largest absolute Gasteiger partial charge is 0.493 e. The lowest BCUT2D eigenvalue weighted by Gasteiger charge is -2.33. The van der Waals surface area contributed by atoms with Crippen LogP contribution in [0.4, 0.5) is 5.69 Å². The number of ether oxygens (including phenoxy) is 1. The highest BCUT2D eigenvalue weighted by atomic mass is 32.2. The molecule has 2 fully saturated rings. The molecule has 1 aliphatic carbocycles. The average molecular weight is 582 g/mol. The van der Waals surface area contributed by atoms with Gasteiger partial charge in [-0.15, -0.1) is 0 Å². The van der Waals surface area contributed by atoms with Crippen LogP contribution in [-0.2, 0) is 10.0 Å². The van der Waals surface area contributed by atoms with E-state index < -0.39 is 10.0 Å². The first kappa shape index (κ1) is 31.4. The second-order valence-corrected chi connectivity index (χ2v) is 14.7. The summed E-state index contributed by atoms with van der Waals surface area (Å²) in [7, 11) is -0.428. The lowest BCUT2D eigenvalue weighted by atomic mass is 9.89. The third-order valence-electron chi connectivity index (χ3n) is 8.52. The molecule has 7 heteroatoms. The summed E-state index contributed by atoms with van der Waals surface area (Å²) in [4.78, 5) is 5.34. The van der Waals surface area contributed by atoms with Gasteiger partial charge in [-0.05, 0) is 72.4 Å². The van der Waals surface area contributed by atoms with Gasteiger partial charge in [0.05, 0.1) is 11.5 Å². The molecule has 2 aliphatic rings. The normalized spacial score (nSPS) is 18.0. The van der Waals surface area contributed by atoms with Gasteiger partial charge in [-0.2, -0.15) is 0 Å². The molecular weight excluding hydrogens is 530 g/mol. The maximum Gasteiger partial charge on any atom is 0.242 e. The molecule has 0 N–H and O–H groups in total. The average Bonchev–Trinajstić information content (AvgIpc) is 3.33. The van der Waals surface area contributed by atoms with Crippen molar-refractivity contribution >= 4 is 21.8 Å². The van der Waals surface area contributed by atoms with E-state index in [0.29, 0.717) is 24.4 Å². The van der Waals surface area contributed by atoms with Crippen molar-refractivity contribution in [1.29, 1.82) is 0 Å². The predicted octanol–water partition coefficient (Wildman–Crippen LogP) is 7.67. The van der Waals surface area contributed by atoms with Crippen molar-refractivity contribution in [3.05, 3.63) is 58.9 Å². The minimum Gasteiger partial charge on any atom is -0.493 e. The monoisotopic (exact) mass is 581 g/mol. The van der Waals surface area contributed by atoms with Crippen LogP contribution in [-0.4, -0.2) is 58.0 Å². The van der Waals surface area contributed by atoms with Gasteiger partial charge in [-0.1, -0.05) is 72.1 Å². The summed E-state index contributed by atoms with van der Waals surface area (Å²) in [5.74, 6) is 3.33. The van der Waals surface area contributed by atoms with Crippen molar-refractivity contribution in [3.63, 3.8) is 0 Å². The topological polar surface area (TPSA) is 53.1 Å². The van der Waals surface area contributed by atoms with Gasteiger partial charge in [0.1, 0.15) is 11.6 Å². The maximum atomic E-state index is 13.1. The van der Waals surface area contributed by atoms with Crippen LogP contribution in [0.3, 0.4) is 0 Å². The van der Waals surface area contributed by atoms with Crippen LogP contribution < -0.4 is 9.64 Å². The van der Waals surface area contributed by atoms with Crippen molar-refractivity contribution in [3.8, 4) is 5.75 Å². The molecule has 0 atom stereocenters. The number of sulfonamides is 1. The molecule has 41 heavy (non-hydrogen) atoms. The summed E-state index contributed by atoms with van der Waals surface area (Å²) in [5, 5.41) is 0. The zero-order valence-corrected chi connectivity index (χ0v) is 27.1. The lowest BCUT2D eigenvalue weighted by Crippen LogP contribution is -2.30. The van der Waals surface area contributed by atoms with Gasteiger partial charge >= 0.3 is 0 Å². The molecule has 6 nitrogen and oxygen atoms in total. The zero-order chi connectivity index (χ0) is 29.7. The van der Waals surface area contributed by atoms with Crippen molar-refractivity contribution in [2.24, 2.45) is 5.92 Å². The Hall–Kier alpha value is -2.51. The van der Waals surface area contributed by atoms with Gasteiger partial charge in [0.2, 0.25) is 10.0 Å². The first-order valence-corrected chi connectivity index (χ1v) is 17.0. The van der Waals surface area contributed by atoms with Gasteiger partial charge in [0.15, 0.2) is 0 Å². The van der Waals surface area contributed by atoms with Crippen LogP contribution in [0.1, 0.15) is 102 Å². The maximum absolute atomic E-state index is 13.1. The Morgan fingerprint density at radius 3 is 2.22 bits per heavy atom. The quantitative estimate of drug-likeness (QED) is 0.273. The zero-order valence-electron chi connectivity index (χ0n) is 26.3. The molecule has 1 saturated heterocycles. The van der Waals surface area contributed by atoms with E-state index in [2.05, 4.69) is 68.7 Å². The summed E-state index contributed by atoms with van der Waals surface area (Å²) in [6.45, 7) is 14.6. The molecule has 0 aromatic heterocycles. The van der Waals surface area contributed by atoms with Gasteiger partial charge in [0.25, 0.3) is 0 Å². The van der Waals surface area contributed by atoms with Crippen LogP contribution in [0.2, 0.25) is 0 Å². The SMILES string of the molecule is CCCOc1ccc(S(=O)(=O)N(C)C)cc1C=C1N(CC2CCCCC2)CCN1c1c(C(C)C)cccc1C(C)C. The van der Waals surface area contributed by atoms with Crippen LogP contribution in [0.25, 0.3) is 6.08 Å². The Morgan fingerprint density at radius 1 is 0.976 bits per heavy atom. The summed E-state index contributed by atoms with van der Waals surface area (Å²) in [6, 6.07) is 12.0. The third-order valence-corrected chi connectivity index (χ3v) is 10.3. The molecule has 0 spiro atoms.